The number of rotatable bonds is 5. The number of anilines is 1. The summed E-state index contributed by atoms with van der Waals surface area (Å²) in [6, 6.07) is 6.99. The lowest BCUT2D eigenvalue weighted by Crippen LogP contribution is -2.28. The number of nitro groups is 1. The van der Waals surface area contributed by atoms with Gasteiger partial charge in [-0.15, -0.1) is 0 Å². The van der Waals surface area contributed by atoms with Crippen LogP contribution in [0.3, 0.4) is 0 Å². The van der Waals surface area contributed by atoms with Gasteiger partial charge < -0.3 is 4.90 Å². The Balaban J connectivity index is 3.00. The molecule has 1 aromatic rings. The Morgan fingerprint density at radius 1 is 1.61 bits per heavy atom. The highest BCUT2D eigenvalue weighted by Gasteiger charge is 2.15. The summed E-state index contributed by atoms with van der Waals surface area (Å²) in [6.07, 6.45) is 0. The molecule has 0 spiro atoms. The molecule has 0 fully saturated rings. The van der Waals surface area contributed by atoms with Gasteiger partial charge in [-0.2, -0.15) is 5.26 Å². The van der Waals surface area contributed by atoms with Gasteiger partial charge in [-0.25, -0.2) is 0 Å². The van der Waals surface area contributed by atoms with Crippen LogP contribution in [-0.4, -0.2) is 18.0 Å². The number of benzene rings is 1. The minimum Gasteiger partial charge on any atom is -0.370 e. The third-order valence-corrected chi connectivity index (χ3v) is 3.44. The predicted octanol–water partition coefficient (Wildman–Crippen LogP) is 3.19. The second-order valence-electron chi connectivity index (χ2n) is 3.96. The topological polar surface area (TPSA) is 70.2 Å². The van der Waals surface area contributed by atoms with Crippen molar-refractivity contribution in [2.24, 2.45) is 5.92 Å². The summed E-state index contributed by atoms with van der Waals surface area (Å²) in [7, 11) is 0. The smallest absolute Gasteiger partial charge is 0.270 e. The number of non-ortho nitro benzene ring substituents is 1. The van der Waals surface area contributed by atoms with Gasteiger partial charge in [0.1, 0.15) is 0 Å². The number of hydrogen-bond donors (Lipinski definition) is 0. The summed E-state index contributed by atoms with van der Waals surface area (Å²) in [4.78, 5) is 12.3. The SMILES string of the molecule is CCN(CC(C)C#N)c1ccc([N+](=O)[O-])cc1I. The maximum atomic E-state index is 10.7. The van der Waals surface area contributed by atoms with E-state index in [0.29, 0.717) is 6.54 Å². The molecule has 5 nitrogen and oxygen atoms in total. The van der Waals surface area contributed by atoms with Gasteiger partial charge in [0.25, 0.3) is 5.69 Å². The Hall–Kier alpha value is -1.36. The molecule has 0 aliphatic rings. The van der Waals surface area contributed by atoms with Gasteiger partial charge >= 0.3 is 0 Å². The standard InChI is InChI=1S/C12H14IN3O2/c1-3-15(8-9(2)7-14)12-5-4-10(16(17)18)6-11(12)13/h4-6,9H,3,8H2,1-2H3. The van der Waals surface area contributed by atoms with E-state index in [2.05, 4.69) is 33.6 Å². The van der Waals surface area contributed by atoms with E-state index in [1.165, 1.54) is 6.07 Å². The van der Waals surface area contributed by atoms with E-state index >= 15 is 0 Å². The zero-order valence-corrected chi connectivity index (χ0v) is 12.4. The lowest BCUT2D eigenvalue weighted by molar-refractivity contribution is -0.384. The summed E-state index contributed by atoms with van der Waals surface area (Å²) >= 11 is 2.09. The van der Waals surface area contributed by atoms with Crippen molar-refractivity contribution in [2.45, 2.75) is 13.8 Å². The molecule has 0 heterocycles. The Bertz CT molecular complexity index is 485. The molecule has 1 unspecified atom stereocenters. The van der Waals surface area contributed by atoms with Crippen LogP contribution in [0.2, 0.25) is 0 Å². The zero-order chi connectivity index (χ0) is 13.7. The van der Waals surface area contributed by atoms with Gasteiger partial charge in [-0.3, -0.25) is 10.1 Å². The summed E-state index contributed by atoms with van der Waals surface area (Å²) in [5.41, 5.74) is 1.03. The van der Waals surface area contributed by atoms with Gasteiger partial charge in [0.2, 0.25) is 0 Å². The van der Waals surface area contributed by atoms with Crippen LogP contribution in [-0.2, 0) is 0 Å². The van der Waals surface area contributed by atoms with Crippen LogP contribution < -0.4 is 4.90 Å². The van der Waals surface area contributed by atoms with Crippen LogP contribution >= 0.6 is 22.6 Å². The lowest BCUT2D eigenvalue weighted by Gasteiger charge is -2.25. The molecule has 0 aromatic heterocycles. The molecular formula is C12H14IN3O2. The van der Waals surface area contributed by atoms with Crippen LogP contribution in [0.25, 0.3) is 0 Å². The number of halogens is 1. The minimum absolute atomic E-state index is 0.0732. The molecule has 0 amide bonds. The van der Waals surface area contributed by atoms with Crippen molar-refractivity contribution in [2.75, 3.05) is 18.0 Å². The highest BCUT2D eigenvalue weighted by Crippen LogP contribution is 2.27. The largest absolute Gasteiger partial charge is 0.370 e. The molecule has 0 aliphatic carbocycles. The van der Waals surface area contributed by atoms with E-state index in [-0.39, 0.29) is 11.6 Å². The van der Waals surface area contributed by atoms with E-state index in [4.69, 9.17) is 5.26 Å². The molecule has 0 saturated heterocycles. The van der Waals surface area contributed by atoms with Gasteiger partial charge in [0, 0.05) is 28.8 Å². The van der Waals surface area contributed by atoms with Crippen molar-refractivity contribution < 1.29 is 4.92 Å². The third-order valence-electron chi connectivity index (χ3n) is 2.58. The van der Waals surface area contributed by atoms with Gasteiger partial charge in [0.15, 0.2) is 0 Å². The fraction of sp³-hybridized carbons (Fsp3) is 0.417. The van der Waals surface area contributed by atoms with Crippen molar-refractivity contribution in [1.29, 1.82) is 5.26 Å². The molecule has 0 N–H and O–H groups in total. The van der Waals surface area contributed by atoms with Gasteiger partial charge in [-0.05, 0) is 42.5 Å². The normalized spacial score (nSPS) is 11.7. The Labute approximate surface area is 120 Å². The first-order valence-electron chi connectivity index (χ1n) is 5.58. The van der Waals surface area contributed by atoms with Crippen LogP contribution in [0.1, 0.15) is 13.8 Å². The molecule has 6 heteroatoms. The molecule has 0 radical (unpaired) electrons. The van der Waals surface area contributed by atoms with E-state index < -0.39 is 4.92 Å². The van der Waals surface area contributed by atoms with E-state index in [1.807, 2.05) is 13.8 Å². The summed E-state index contributed by atoms with van der Waals surface area (Å²) < 4.78 is 0.828. The first-order valence-corrected chi connectivity index (χ1v) is 6.66. The first-order chi connectivity index (χ1) is 8.49. The molecule has 1 atom stereocenters. The molecule has 96 valence electrons. The highest BCUT2D eigenvalue weighted by molar-refractivity contribution is 14.1. The second kappa shape index (κ2) is 6.54. The third kappa shape index (κ3) is 3.57. The summed E-state index contributed by atoms with van der Waals surface area (Å²) in [5.74, 6) is -0.0732. The summed E-state index contributed by atoms with van der Waals surface area (Å²) in [6.45, 7) is 5.25. The second-order valence-corrected chi connectivity index (χ2v) is 5.12. The zero-order valence-electron chi connectivity index (χ0n) is 10.3. The summed E-state index contributed by atoms with van der Waals surface area (Å²) in [5, 5.41) is 19.5. The number of nitrogens with zero attached hydrogens (tertiary/aromatic N) is 3. The number of hydrogen-bond acceptors (Lipinski definition) is 4. The van der Waals surface area contributed by atoms with Crippen molar-refractivity contribution in [3.8, 4) is 6.07 Å². The van der Waals surface area contributed by atoms with Gasteiger partial charge in [-0.1, -0.05) is 0 Å². The fourth-order valence-electron chi connectivity index (χ4n) is 1.64. The first kappa shape index (κ1) is 14.7. The predicted molar refractivity (Wildman–Crippen MR) is 78.5 cm³/mol. The van der Waals surface area contributed by atoms with Gasteiger partial charge in [0.05, 0.1) is 22.6 Å². The molecular weight excluding hydrogens is 345 g/mol. The Morgan fingerprint density at radius 3 is 2.72 bits per heavy atom. The molecule has 1 aromatic carbocycles. The van der Waals surface area contributed by atoms with Crippen molar-refractivity contribution in [3.63, 3.8) is 0 Å². The Kier molecular flexibility index (Phi) is 5.34. The van der Waals surface area contributed by atoms with E-state index in [1.54, 1.807) is 12.1 Å². The van der Waals surface area contributed by atoms with Crippen molar-refractivity contribution in [3.05, 3.63) is 31.9 Å². The van der Waals surface area contributed by atoms with Crippen LogP contribution in [0, 0.1) is 30.9 Å². The minimum atomic E-state index is -0.403. The van der Waals surface area contributed by atoms with Crippen LogP contribution in [0.4, 0.5) is 11.4 Å². The molecule has 0 bridgehead atoms. The van der Waals surface area contributed by atoms with Crippen LogP contribution in [0.5, 0.6) is 0 Å². The van der Waals surface area contributed by atoms with Crippen LogP contribution in [0.15, 0.2) is 18.2 Å². The Morgan fingerprint density at radius 2 is 2.28 bits per heavy atom. The van der Waals surface area contributed by atoms with Crippen molar-refractivity contribution >= 4 is 34.0 Å². The fourth-order valence-corrected chi connectivity index (χ4v) is 2.48. The number of nitro benzene ring substituents is 1. The lowest BCUT2D eigenvalue weighted by atomic mass is 10.1. The quantitative estimate of drug-likeness (QED) is 0.460. The average Bonchev–Trinajstić information content (AvgIpc) is 2.35. The average molecular weight is 359 g/mol. The van der Waals surface area contributed by atoms with E-state index in [9.17, 15) is 10.1 Å². The maximum Gasteiger partial charge on any atom is 0.270 e. The van der Waals surface area contributed by atoms with E-state index in [0.717, 1.165) is 15.8 Å². The number of nitriles is 1. The molecule has 0 aliphatic heterocycles. The molecule has 1 rings (SSSR count). The molecule has 0 saturated carbocycles. The highest BCUT2D eigenvalue weighted by atomic mass is 127. The monoisotopic (exact) mass is 359 g/mol. The van der Waals surface area contributed by atoms with Crippen molar-refractivity contribution in [1.82, 2.24) is 0 Å². The maximum absolute atomic E-state index is 10.7. The molecule has 18 heavy (non-hydrogen) atoms.